The minimum Gasteiger partial charge on any atom is -0.508 e. The maximum Gasteiger partial charge on any atom is 0.253 e. The van der Waals surface area contributed by atoms with Gasteiger partial charge in [0.05, 0.1) is 10.6 Å². The van der Waals surface area contributed by atoms with E-state index in [1.807, 2.05) is 0 Å². The predicted molar refractivity (Wildman–Crippen MR) is 73.5 cm³/mol. The number of benzene rings is 1. The number of carbonyl (C=O) groups is 1. The standard InChI is InChI=1S/C13H10Cl2N2O2/c14-10-7-16-12(15)5-9(10)13(19)17-6-8-3-1-2-4-11(8)18/h1-5,7,18H,6H2,(H,17,19). The number of hydrogen-bond acceptors (Lipinski definition) is 3. The Kier molecular flexibility index (Phi) is 4.24. The van der Waals surface area contributed by atoms with Gasteiger partial charge < -0.3 is 10.4 Å². The number of nitrogens with one attached hydrogen (secondary N) is 1. The molecular weight excluding hydrogens is 287 g/mol. The summed E-state index contributed by atoms with van der Waals surface area (Å²) in [5, 5.41) is 12.7. The molecule has 0 unspecified atom stereocenters. The Morgan fingerprint density at radius 2 is 2.05 bits per heavy atom. The minimum absolute atomic E-state index is 0.127. The summed E-state index contributed by atoms with van der Waals surface area (Å²) in [6.45, 7) is 0.196. The molecule has 2 rings (SSSR count). The number of nitrogens with zero attached hydrogens (tertiary/aromatic N) is 1. The number of halogens is 2. The summed E-state index contributed by atoms with van der Waals surface area (Å²) in [4.78, 5) is 15.7. The van der Waals surface area contributed by atoms with Gasteiger partial charge in [-0.25, -0.2) is 4.98 Å². The van der Waals surface area contributed by atoms with Gasteiger partial charge in [-0.1, -0.05) is 41.4 Å². The number of hydrogen-bond donors (Lipinski definition) is 2. The summed E-state index contributed by atoms with van der Waals surface area (Å²) < 4.78 is 0. The van der Waals surface area contributed by atoms with Crippen LogP contribution in [-0.2, 0) is 6.54 Å². The largest absolute Gasteiger partial charge is 0.508 e. The lowest BCUT2D eigenvalue weighted by molar-refractivity contribution is 0.0951. The number of amides is 1. The molecule has 0 saturated carbocycles. The highest BCUT2D eigenvalue weighted by molar-refractivity contribution is 6.35. The summed E-state index contributed by atoms with van der Waals surface area (Å²) in [6.07, 6.45) is 1.32. The van der Waals surface area contributed by atoms with Crippen LogP contribution in [0.5, 0.6) is 5.75 Å². The number of pyridine rings is 1. The van der Waals surface area contributed by atoms with Crippen molar-refractivity contribution < 1.29 is 9.90 Å². The van der Waals surface area contributed by atoms with E-state index >= 15 is 0 Å². The van der Waals surface area contributed by atoms with Crippen molar-refractivity contribution in [1.29, 1.82) is 0 Å². The van der Waals surface area contributed by atoms with Gasteiger partial charge in [-0.2, -0.15) is 0 Å². The summed E-state index contributed by atoms with van der Waals surface area (Å²) in [6, 6.07) is 8.15. The van der Waals surface area contributed by atoms with E-state index in [2.05, 4.69) is 10.3 Å². The van der Waals surface area contributed by atoms with Crippen molar-refractivity contribution in [1.82, 2.24) is 10.3 Å². The molecule has 0 aliphatic heterocycles. The highest BCUT2D eigenvalue weighted by atomic mass is 35.5. The van der Waals surface area contributed by atoms with Crippen LogP contribution in [0.4, 0.5) is 0 Å². The molecule has 0 aliphatic carbocycles. The van der Waals surface area contributed by atoms with Gasteiger partial charge in [0.2, 0.25) is 0 Å². The van der Waals surface area contributed by atoms with Gasteiger partial charge in [-0.15, -0.1) is 0 Å². The van der Waals surface area contributed by atoms with Crippen LogP contribution in [0.15, 0.2) is 36.5 Å². The smallest absolute Gasteiger partial charge is 0.253 e. The van der Waals surface area contributed by atoms with Gasteiger partial charge in [-0.3, -0.25) is 4.79 Å². The van der Waals surface area contributed by atoms with Crippen molar-refractivity contribution in [3.63, 3.8) is 0 Å². The quantitative estimate of drug-likeness (QED) is 0.856. The molecule has 0 radical (unpaired) electrons. The Hall–Kier alpha value is -1.78. The number of aromatic nitrogens is 1. The van der Waals surface area contributed by atoms with Gasteiger partial charge in [0.1, 0.15) is 10.9 Å². The highest BCUT2D eigenvalue weighted by Gasteiger charge is 2.12. The molecule has 0 atom stereocenters. The molecule has 0 bridgehead atoms. The molecule has 2 N–H and O–H groups in total. The molecule has 98 valence electrons. The SMILES string of the molecule is O=C(NCc1ccccc1O)c1cc(Cl)ncc1Cl. The van der Waals surface area contributed by atoms with E-state index in [0.29, 0.717) is 5.56 Å². The van der Waals surface area contributed by atoms with Crippen molar-refractivity contribution >= 4 is 29.1 Å². The third-order valence-electron chi connectivity index (χ3n) is 2.50. The van der Waals surface area contributed by atoms with E-state index in [-0.39, 0.29) is 33.9 Å². The van der Waals surface area contributed by atoms with Crippen molar-refractivity contribution in [2.75, 3.05) is 0 Å². The van der Waals surface area contributed by atoms with Crippen LogP contribution in [0.25, 0.3) is 0 Å². The van der Waals surface area contributed by atoms with Gasteiger partial charge in [0, 0.05) is 18.3 Å². The van der Waals surface area contributed by atoms with Crippen LogP contribution in [0, 0.1) is 0 Å². The predicted octanol–water partition coefficient (Wildman–Crippen LogP) is 3.02. The Morgan fingerprint density at radius 3 is 2.79 bits per heavy atom. The van der Waals surface area contributed by atoms with Gasteiger partial charge in [-0.05, 0) is 12.1 Å². The molecular formula is C13H10Cl2N2O2. The van der Waals surface area contributed by atoms with E-state index in [1.54, 1.807) is 24.3 Å². The van der Waals surface area contributed by atoms with Gasteiger partial charge >= 0.3 is 0 Å². The van der Waals surface area contributed by atoms with E-state index < -0.39 is 0 Å². The van der Waals surface area contributed by atoms with Crippen LogP contribution >= 0.6 is 23.2 Å². The number of phenolic OH excluding ortho intramolecular Hbond substituents is 1. The number of carbonyl (C=O) groups excluding carboxylic acids is 1. The third kappa shape index (κ3) is 3.36. The lowest BCUT2D eigenvalue weighted by atomic mass is 10.2. The average Bonchev–Trinajstić information content (AvgIpc) is 2.40. The van der Waals surface area contributed by atoms with Crippen LogP contribution in [0.2, 0.25) is 10.2 Å². The Labute approximate surface area is 120 Å². The molecule has 4 nitrogen and oxygen atoms in total. The summed E-state index contributed by atoms with van der Waals surface area (Å²) in [5.41, 5.74) is 0.865. The second-order valence-corrected chi connectivity index (χ2v) is 4.59. The lowest BCUT2D eigenvalue weighted by Crippen LogP contribution is -2.23. The first-order valence-electron chi connectivity index (χ1n) is 5.44. The maximum absolute atomic E-state index is 11.9. The summed E-state index contributed by atoms with van der Waals surface area (Å²) in [7, 11) is 0. The van der Waals surface area contributed by atoms with E-state index in [0.717, 1.165) is 0 Å². The second-order valence-electron chi connectivity index (χ2n) is 3.80. The monoisotopic (exact) mass is 296 g/mol. The lowest BCUT2D eigenvalue weighted by Gasteiger charge is -2.08. The number of phenols is 1. The van der Waals surface area contributed by atoms with Gasteiger partial charge in [0.25, 0.3) is 5.91 Å². The zero-order valence-electron chi connectivity index (χ0n) is 9.73. The molecule has 1 heterocycles. The number of aromatic hydroxyl groups is 1. The van der Waals surface area contributed by atoms with Crippen LogP contribution in [-0.4, -0.2) is 16.0 Å². The molecule has 6 heteroatoms. The molecule has 0 spiro atoms. The minimum atomic E-state index is -0.377. The number of rotatable bonds is 3. The number of para-hydroxylation sites is 1. The average molecular weight is 297 g/mol. The third-order valence-corrected chi connectivity index (χ3v) is 3.01. The molecule has 0 aliphatic rings. The van der Waals surface area contributed by atoms with Gasteiger partial charge in [0.15, 0.2) is 0 Å². The molecule has 0 saturated heterocycles. The summed E-state index contributed by atoms with van der Waals surface area (Å²) in [5.74, 6) is -0.251. The fraction of sp³-hybridized carbons (Fsp3) is 0.0769. The second kappa shape index (κ2) is 5.91. The summed E-state index contributed by atoms with van der Waals surface area (Å²) >= 11 is 11.6. The first-order valence-corrected chi connectivity index (χ1v) is 6.19. The van der Waals surface area contributed by atoms with Crippen molar-refractivity contribution in [2.45, 2.75) is 6.54 Å². The Bertz CT molecular complexity index is 617. The maximum atomic E-state index is 11.9. The van der Waals surface area contributed by atoms with Crippen LogP contribution in [0.1, 0.15) is 15.9 Å². The highest BCUT2D eigenvalue weighted by Crippen LogP contribution is 2.19. The van der Waals surface area contributed by atoms with Crippen molar-refractivity contribution in [3.8, 4) is 5.75 Å². The Balaban J connectivity index is 2.10. The molecule has 1 aromatic heterocycles. The van der Waals surface area contributed by atoms with Crippen LogP contribution in [0.3, 0.4) is 0 Å². The normalized spacial score (nSPS) is 10.2. The van der Waals surface area contributed by atoms with E-state index in [9.17, 15) is 9.90 Å². The topological polar surface area (TPSA) is 62.2 Å². The first kappa shape index (κ1) is 13.6. The van der Waals surface area contributed by atoms with Crippen molar-refractivity contribution in [3.05, 3.63) is 57.8 Å². The van der Waals surface area contributed by atoms with E-state index in [1.165, 1.54) is 12.3 Å². The van der Waals surface area contributed by atoms with Crippen molar-refractivity contribution in [2.24, 2.45) is 0 Å². The molecule has 19 heavy (non-hydrogen) atoms. The molecule has 0 fully saturated rings. The zero-order chi connectivity index (χ0) is 13.8. The fourth-order valence-electron chi connectivity index (χ4n) is 1.52. The molecule has 1 aromatic carbocycles. The van der Waals surface area contributed by atoms with Crippen LogP contribution < -0.4 is 5.32 Å². The molecule has 2 aromatic rings. The fourth-order valence-corrected chi connectivity index (χ4v) is 1.87. The zero-order valence-corrected chi connectivity index (χ0v) is 11.2. The Morgan fingerprint density at radius 1 is 1.32 bits per heavy atom. The molecule has 1 amide bonds. The first-order chi connectivity index (χ1) is 9.08. The van der Waals surface area contributed by atoms with E-state index in [4.69, 9.17) is 23.2 Å².